The van der Waals surface area contributed by atoms with Crippen molar-refractivity contribution in [2.24, 2.45) is 29.3 Å². The number of nitrogens with zero attached hydrogens (tertiary/aromatic N) is 5. The van der Waals surface area contributed by atoms with Crippen LogP contribution in [0.2, 0.25) is 0 Å². The molecule has 1 unspecified atom stereocenters. The molecule has 0 bridgehead atoms. The zero-order valence-electron chi connectivity index (χ0n) is 21.9. The average Bonchev–Trinajstić information content (AvgIpc) is 3.60. The minimum atomic E-state index is -0.621. The first-order valence-electron chi connectivity index (χ1n) is 12.5. The van der Waals surface area contributed by atoms with Gasteiger partial charge in [0.2, 0.25) is 11.9 Å². The van der Waals surface area contributed by atoms with Crippen molar-refractivity contribution in [1.82, 2.24) is 24.4 Å². The third-order valence-electron chi connectivity index (χ3n) is 6.64. The van der Waals surface area contributed by atoms with Gasteiger partial charge in [0.15, 0.2) is 0 Å². The highest BCUT2D eigenvalue weighted by Crippen LogP contribution is 2.31. The highest BCUT2D eigenvalue weighted by atomic mass is 79.9. The molecule has 0 aliphatic carbocycles. The summed E-state index contributed by atoms with van der Waals surface area (Å²) < 4.78 is 8.45. The van der Waals surface area contributed by atoms with Crippen molar-refractivity contribution in [1.29, 1.82) is 0 Å². The van der Waals surface area contributed by atoms with Gasteiger partial charge in [0.25, 0.3) is 0 Å². The molecule has 2 N–H and O–H groups in total. The van der Waals surface area contributed by atoms with Crippen LogP contribution in [0, 0.1) is 17.3 Å². The summed E-state index contributed by atoms with van der Waals surface area (Å²) in [5.74, 6) is -0.404. The van der Waals surface area contributed by atoms with Crippen LogP contribution in [-0.2, 0) is 27.8 Å². The van der Waals surface area contributed by atoms with E-state index in [-0.39, 0.29) is 30.3 Å². The average molecular weight is 573 g/mol. The number of ether oxygens (including phenoxy) is 1. The number of imidazole rings is 2. The zero-order valence-corrected chi connectivity index (χ0v) is 23.5. The topological polar surface area (TPSA) is 118 Å². The third kappa shape index (κ3) is 5.87. The number of nitrogens with one attached hydrogen (secondary N) is 2. The Labute approximate surface area is 225 Å². The maximum absolute atomic E-state index is 13.9. The van der Waals surface area contributed by atoms with Gasteiger partial charge in [-0.25, -0.2) is 9.97 Å². The Morgan fingerprint density at radius 3 is 2.76 bits per heavy atom. The van der Waals surface area contributed by atoms with E-state index in [0.717, 1.165) is 26.9 Å². The van der Waals surface area contributed by atoms with E-state index >= 15 is 0 Å². The maximum Gasteiger partial charge on any atom is 0.311 e. The summed E-state index contributed by atoms with van der Waals surface area (Å²) in [6, 6.07) is 3.85. The molecule has 0 spiro atoms. The molecule has 11 heteroatoms. The van der Waals surface area contributed by atoms with Gasteiger partial charge in [-0.15, -0.1) is 0 Å². The number of benzene rings is 1. The number of guanidine groups is 1. The van der Waals surface area contributed by atoms with Crippen LogP contribution in [0.3, 0.4) is 0 Å². The number of hydrogen-bond donors (Lipinski definition) is 2. The molecule has 37 heavy (non-hydrogen) atoms. The molecule has 3 aromatic rings. The molecule has 1 aliphatic heterocycles. The lowest BCUT2D eigenvalue weighted by Crippen LogP contribution is -2.45. The van der Waals surface area contributed by atoms with E-state index in [1.807, 2.05) is 51.4 Å². The predicted octanol–water partition coefficient (Wildman–Crippen LogP) is 4.14. The Balaban J connectivity index is 1.55. The van der Waals surface area contributed by atoms with E-state index in [0.29, 0.717) is 31.9 Å². The number of carbonyl (C=O) groups is 2. The van der Waals surface area contributed by atoms with Gasteiger partial charge in [0.05, 0.1) is 46.9 Å². The van der Waals surface area contributed by atoms with Crippen molar-refractivity contribution in [2.45, 2.75) is 40.5 Å². The standard InChI is InChI=1S/C26H34BrN7O3/c1-6-18(16(11-17-12-28-15-33(17)5)13-37-24(36)26(2,3)4)23(35)34-10-9-29-25(34)32-19-7-8-20-22(21(19)27)31-14-30-20/h7-8,12,14-16,18H,6,9-11,13H2,1-5H3,(H,29,32)(H,30,31)/t16-,18?/m0/s1. The van der Waals surface area contributed by atoms with Crippen molar-refractivity contribution in [2.75, 3.05) is 25.0 Å². The number of carbonyl (C=O) groups excluding carboxylic acids is 2. The lowest BCUT2D eigenvalue weighted by molar-refractivity contribution is -0.156. The fraction of sp³-hybridized carbons (Fsp3) is 0.500. The number of esters is 1. The van der Waals surface area contributed by atoms with E-state index in [9.17, 15) is 9.59 Å². The van der Waals surface area contributed by atoms with E-state index in [1.54, 1.807) is 23.8 Å². The molecule has 3 heterocycles. The number of aromatic amines is 1. The largest absolute Gasteiger partial charge is 0.465 e. The van der Waals surface area contributed by atoms with Crippen LogP contribution >= 0.6 is 15.9 Å². The Bertz CT molecular complexity index is 1310. The van der Waals surface area contributed by atoms with Crippen LogP contribution in [0.1, 0.15) is 39.8 Å². The highest BCUT2D eigenvalue weighted by Gasteiger charge is 2.36. The number of aliphatic imine (C=N–C) groups is 1. The number of aryl methyl sites for hydroxylation is 1. The Morgan fingerprint density at radius 2 is 2.08 bits per heavy atom. The number of amides is 1. The monoisotopic (exact) mass is 571 g/mol. The highest BCUT2D eigenvalue weighted by molar-refractivity contribution is 9.10. The normalized spacial score (nSPS) is 15.5. The molecule has 1 amide bonds. The van der Waals surface area contributed by atoms with Gasteiger partial charge in [0, 0.05) is 37.3 Å². The molecule has 2 atom stereocenters. The van der Waals surface area contributed by atoms with E-state index < -0.39 is 5.41 Å². The first-order valence-corrected chi connectivity index (χ1v) is 13.3. The van der Waals surface area contributed by atoms with Gasteiger partial charge in [-0.3, -0.25) is 19.5 Å². The van der Waals surface area contributed by atoms with Crippen LogP contribution in [0.25, 0.3) is 11.0 Å². The first-order chi connectivity index (χ1) is 17.6. The second-order valence-corrected chi connectivity index (χ2v) is 11.2. The minimum absolute atomic E-state index is 0.0396. The maximum atomic E-state index is 13.9. The molecule has 10 nitrogen and oxygen atoms in total. The Hall–Kier alpha value is -3.21. The summed E-state index contributed by atoms with van der Waals surface area (Å²) in [5, 5.41) is 3.32. The number of anilines is 1. The number of hydrogen-bond acceptors (Lipinski definition) is 7. The van der Waals surface area contributed by atoms with Gasteiger partial charge in [0.1, 0.15) is 5.52 Å². The number of aromatic nitrogens is 4. The van der Waals surface area contributed by atoms with Gasteiger partial charge >= 0.3 is 5.97 Å². The third-order valence-corrected chi connectivity index (χ3v) is 7.44. The molecular formula is C26H34BrN7O3. The molecule has 0 saturated heterocycles. The van der Waals surface area contributed by atoms with E-state index in [1.165, 1.54) is 0 Å². The van der Waals surface area contributed by atoms with Crippen molar-refractivity contribution in [3.63, 3.8) is 0 Å². The van der Waals surface area contributed by atoms with Crippen LogP contribution < -0.4 is 5.32 Å². The molecule has 0 radical (unpaired) electrons. The van der Waals surface area contributed by atoms with E-state index in [2.05, 4.69) is 41.2 Å². The van der Waals surface area contributed by atoms with Crippen LogP contribution in [0.5, 0.6) is 0 Å². The molecular weight excluding hydrogens is 538 g/mol. The second-order valence-electron chi connectivity index (χ2n) is 10.4. The van der Waals surface area contributed by atoms with Gasteiger partial charge < -0.3 is 19.6 Å². The summed E-state index contributed by atoms with van der Waals surface area (Å²) in [6.45, 7) is 8.62. The number of rotatable bonds is 8. The predicted molar refractivity (Wildman–Crippen MR) is 146 cm³/mol. The number of halogens is 1. The number of H-pyrrole nitrogens is 1. The fourth-order valence-electron chi connectivity index (χ4n) is 4.44. The van der Waals surface area contributed by atoms with Crippen LogP contribution in [-0.4, -0.2) is 62.0 Å². The van der Waals surface area contributed by atoms with Crippen LogP contribution in [0.4, 0.5) is 5.69 Å². The minimum Gasteiger partial charge on any atom is -0.465 e. The molecule has 0 fully saturated rings. The van der Waals surface area contributed by atoms with Crippen molar-refractivity contribution < 1.29 is 14.3 Å². The van der Waals surface area contributed by atoms with Gasteiger partial charge in [-0.2, -0.15) is 0 Å². The van der Waals surface area contributed by atoms with Gasteiger partial charge in [-0.05, 0) is 61.7 Å². The fourth-order valence-corrected chi connectivity index (χ4v) is 4.98. The summed E-state index contributed by atoms with van der Waals surface area (Å²) in [6.07, 6.45) is 6.33. The van der Waals surface area contributed by atoms with E-state index in [4.69, 9.17) is 4.74 Å². The summed E-state index contributed by atoms with van der Waals surface area (Å²) in [5.41, 5.74) is 2.84. The van der Waals surface area contributed by atoms with Crippen molar-refractivity contribution in [3.05, 3.63) is 41.2 Å². The SMILES string of the molecule is CCC(C(=O)N1CCN=C1Nc1ccc2[nH]cnc2c1Br)[C@H](COC(=O)C(C)(C)C)Cc1cncn1C. The Morgan fingerprint density at radius 1 is 1.30 bits per heavy atom. The molecule has 4 rings (SSSR count). The molecule has 1 aliphatic rings. The van der Waals surface area contributed by atoms with Crippen molar-refractivity contribution in [3.8, 4) is 0 Å². The molecule has 2 aromatic heterocycles. The Kier molecular flexibility index (Phi) is 8.01. The number of fused-ring (bicyclic) bond motifs is 1. The second kappa shape index (κ2) is 11.0. The van der Waals surface area contributed by atoms with Crippen LogP contribution in [0.15, 0.2) is 40.4 Å². The molecule has 0 saturated carbocycles. The lowest BCUT2D eigenvalue weighted by atomic mass is 9.85. The summed E-state index contributed by atoms with van der Waals surface area (Å²) in [4.78, 5) is 44.4. The summed E-state index contributed by atoms with van der Waals surface area (Å²) in [7, 11) is 1.92. The zero-order chi connectivity index (χ0) is 26.7. The van der Waals surface area contributed by atoms with Crippen molar-refractivity contribution >= 4 is 50.5 Å². The summed E-state index contributed by atoms with van der Waals surface area (Å²) >= 11 is 3.62. The first kappa shape index (κ1) is 26.8. The lowest BCUT2D eigenvalue weighted by Gasteiger charge is -2.30. The smallest absolute Gasteiger partial charge is 0.311 e. The van der Waals surface area contributed by atoms with Gasteiger partial charge in [-0.1, -0.05) is 6.92 Å². The quantitative estimate of drug-likeness (QED) is 0.392. The molecule has 198 valence electrons. The molecule has 1 aromatic carbocycles.